The number of hydrogen-bond acceptors (Lipinski definition) is 5. The number of para-hydroxylation sites is 2. The van der Waals surface area contributed by atoms with Crippen molar-refractivity contribution in [2.75, 3.05) is 35.5 Å². The number of sulfone groups is 1. The fraction of sp³-hybridized carbons (Fsp3) is 0.316. The van der Waals surface area contributed by atoms with Gasteiger partial charge in [-0.15, -0.1) is 0 Å². The Morgan fingerprint density at radius 3 is 2.15 bits per heavy atom. The van der Waals surface area contributed by atoms with Crippen molar-refractivity contribution in [3.05, 3.63) is 48.5 Å². The van der Waals surface area contributed by atoms with Crippen molar-refractivity contribution in [1.29, 1.82) is 0 Å². The zero-order valence-corrected chi connectivity index (χ0v) is 15.8. The molecule has 2 heterocycles. The molecule has 0 aliphatic carbocycles. The SMILES string of the molecule is COc1ccc(N2C(=O)N(c3ccccc3OC)[C@@H]3CS(=O)(=O)C[C@H]32)cc1. The summed E-state index contributed by atoms with van der Waals surface area (Å²) in [5.74, 6) is 1.09. The molecular formula is C19H20N2O5S. The Hall–Kier alpha value is -2.74. The number of methoxy groups -OCH3 is 2. The predicted octanol–water partition coefficient (Wildman–Crippen LogP) is 2.32. The molecule has 0 N–H and O–H groups in total. The molecule has 0 spiro atoms. The summed E-state index contributed by atoms with van der Waals surface area (Å²) in [6.45, 7) is 0. The Kier molecular flexibility index (Phi) is 4.22. The van der Waals surface area contributed by atoms with Crippen molar-refractivity contribution >= 4 is 27.2 Å². The fourth-order valence-electron chi connectivity index (χ4n) is 3.86. The summed E-state index contributed by atoms with van der Waals surface area (Å²) in [6.07, 6.45) is 0. The van der Waals surface area contributed by atoms with Crippen LogP contribution in [-0.4, -0.2) is 52.3 Å². The molecule has 4 rings (SSSR count). The van der Waals surface area contributed by atoms with Gasteiger partial charge in [0.25, 0.3) is 0 Å². The molecule has 2 aliphatic heterocycles. The predicted molar refractivity (Wildman–Crippen MR) is 103 cm³/mol. The molecule has 0 radical (unpaired) electrons. The van der Waals surface area contributed by atoms with E-state index in [0.29, 0.717) is 22.9 Å². The number of fused-ring (bicyclic) bond motifs is 1. The molecule has 27 heavy (non-hydrogen) atoms. The van der Waals surface area contributed by atoms with Gasteiger partial charge in [-0.1, -0.05) is 12.1 Å². The minimum Gasteiger partial charge on any atom is -0.497 e. The summed E-state index contributed by atoms with van der Waals surface area (Å²) in [7, 11) is -0.145. The lowest BCUT2D eigenvalue weighted by atomic mass is 10.1. The van der Waals surface area contributed by atoms with Crippen molar-refractivity contribution in [2.45, 2.75) is 12.1 Å². The highest BCUT2D eigenvalue weighted by atomic mass is 32.2. The number of ether oxygens (including phenoxy) is 2. The van der Waals surface area contributed by atoms with Crippen LogP contribution in [0.2, 0.25) is 0 Å². The Morgan fingerprint density at radius 1 is 0.889 bits per heavy atom. The summed E-state index contributed by atoms with van der Waals surface area (Å²) in [4.78, 5) is 16.4. The number of urea groups is 1. The first-order valence-electron chi connectivity index (χ1n) is 8.55. The zero-order valence-electron chi connectivity index (χ0n) is 15.0. The van der Waals surface area contributed by atoms with E-state index in [0.717, 1.165) is 0 Å². The molecule has 2 atom stereocenters. The normalized spacial score (nSPS) is 23.4. The van der Waals surface area contributed by atoms with E-state index < -0.39 is 21.9 Å². The number of carbonyl (C=O) groups is 1. The molecule has 2 saturated heterocycles. The topological polar surface area (TPSA) is 76.2 Å². The second kappa shape index (κ2) is 6.45. The van der Waals surface area contributed by atoms with Crippen molar-refractivity contribution in [3.63, 3.8) is 0 Å². The minimum absolute atomic E-state index is 0.0545. The van der Waals surface area contributed by atoms with Crippen molar-refractivity contribution in [1.82, 2.24) is 0 Å². The lowest BCUT2D eigenvalue weighted by Gasteiger charge is -2.24. The van der Waals surface area contributed by atoms with Crippen LogP contribution in [0.25, 0.3) is 0 Å². The molecule has 2 aliphatic rings. The molecule has 2 fully saturated rings. The molecule has 2 aromatic rings. The van der Waals surface area contributed by atoms with Gasteiger partial charge in [0.15, 0.2) is 9.84 Å². The van der Waals surface area contributed by atoms with E-state index >= 15 is 0 Å². The number of anilines is 2. The average molecular weight is 388 g/mol. The van der Waals surface area contributed by atoms with E-state index in [1.165, 1.54) is 7.11 Å². The first kappa shape index (κ1) is 17.7. The van der Waals surface area contributed by atoms with E-state index in [2.05, 4.69) is 0 Å². The summed E-state index contributed by atoms with van der Waals surface area (Å²) >= 11 is 0. The van der Waals surface area contributed by atoms with Crippen LogP contribution in [0.5, 0.6) is 11.5 Å². The Labute approximate surface area is 158 Å². The van der Waals surface area contributed by atoms with Gasteiger partial charge in [-0.2, -0.15) is 0 Å². The Morgan fingerprint density at radius 2 is 1.52 bits per heavy atom. The summed E-state index contributed by atoms with van der Waals surface area (Å²) < 4.78 is 35.3. The standard InChI is InChI=1S/C19H20N2O5S/c1-25-14-9-7-13(8-10-14)20-16-11-27(23,24)12-17(16)21(19(20)22)15-5-3-4-6-18(15)26-2/h3-10,16-17H,11-12H2,1-2H3/t16-,17-/m1/s1. The summed E-state index contributed by atoms with van der Waals surface area (Å²) in [5, 5.41) is 0. The van der Waals surface area contributed by atoms with Crippen LogP contribution in [0.15, 0.2) is 48.5 Å². The number of benzene rings is 2. The fourth-order valence-corrected chi connectivity index (χ4v) is 5.78. The molecule has 2 aromatic carbocycles. The molecule has 0 saturated carbocycles. The second-order valence-electron chi connectivity index (χ2n) is 6.60. The lowest BCUT2D eigenvalue weighted by Crippen LogP contribution is -2.38. The Balaban J connectivity index is 1.80. The van der Waals surface area contributed by atoms with Crippen LogP contribution in [-0.2, 0) is 9.84 Å². The molecule has 0 unspecified atom stereocenters. The van der Waals surface area contributed by atoms with Gasteiger partial charge in [0.2, 0.25) is 0 Å². The summed E-state index contributed by atoms with van der Waals surface area (Å²) in [6, 6.07) is 13.0. The van der Waals surface area contributed by atoms with E-state index in [1.54, 1.807) is 59.4 Å². The number of amides is 2. The van der Waals surface area contributed by atoms with Crippen LogP contribution in [0.1, 0.15) is 0 Å². The van der Waals surface area contributed by atoms with E-state index in [4.69, 9.17) is 9.47 Å². The maximum absolute atomic E-state index is 13.3. The van der Waals surface area contributed by atoms with Gasteiger partial charge in [-0.25, -0.2) is 13.2 Å². The third-order valence-corrected chi connectivity index (χ3v) is 6.76. The van der Waals surface area contributed by atoms with Gasteiger partial charge < -0.3 is 9.47 Å². The van der Waals surface area contributed by atoms with E-state index in [-0.39, 0.29) is 17.5 Å². The highest BCUT2D eigenvalue weighted by Gasteiger charge is 2.54. The van der Waals surface area contributed by atoms with Gasteiger partial charge in [-0.3, -0.25) is 9.80 Å². The maximum atomic E-state index is 13.3. The molecule has 142 valence electrons. The van der Waals surface area contributed by atoms with E-state index in [9.17, 15) is 13.2 Å². The number of hydrogen-bond donors (Lipinski definition) is 0. The number of nitrogens with zero attached hydrogens (tertiary/aromatic N) is 2. The second-order valence-corrected chi connectivity index (χ2v) is 8.76. The maximum Gasteiger partial charge on any atom is 0.329 e. The molecule has 0 aromatic heterocycles. The highest BCUT2D eigenvalue weighted by molar-refractivity contribution is 7.91. The lowest BCUT2D eigenvalue weighted by molar-refractivity contribution is 0.255. The van der Waals surface area contributed by atoms with Crippen LogP contribution in [0, 0.1) is 0 Å². The third-order valence-electron chi connectivity index (χ3n) is 5.06. The smallest absolute Gasteiger partial charge is 0.329 e. The van der Waals surface area contributed by atoms with Gasteiger partial charge in [-0.05, 0) is 36.4 Å². The Bertz CT molecular complexity index is 974. The zero-order chi connectivity index (χ0) is 19.2. The monoisotopic (exact) mass is 388 g/mol. The number of carbonyl (C=O) groups excluding carboxylic acids is 1. The number of rotatable bonds is 4. The molecule has 2 amide bonds. The first-order chi connectivity index (χ1) is 12.9. The summed E-state index contributed by atoms with van der Waals surface area (Å²) in [5.41, 5.74) is 1.22. The van der Waals surface area contributed by atoms with E-state index in [1.807, 2.05) is 6.07 Å². The molecule has 7 nitrogen and oxygen atoms in total. The third kappa shape index (κ3) is 2.90. The van der Waals surface area contributed by atoms with Gasteiger partial charge in [0, 0.05) is 5.69 Å². The van der Waals surface area contributed by atoms with Crippen LogP contribution >= 0.6 is 0 Å². The van der Waals surface area contributed by atoms with Crippen molar-refractivity contribution < 1.29 is 22.7 Å². The highest BCUT2D eigenvalue weighted by Crippen LogP contribution is 2.41. The minimum atomic E-state index is -3.24. The first-order valence-corrected chi connectivity index (χ1v) is 10.4. The van der Waals surface area contributed by atoms with Gasteiger partial charge in [0.05, 0.1) is 43.5 Å². The van der Waals surface area contributed by atoms with Gasteiger partial charge in [0.1, 0.15) is 11.5 Å². The molecule has 0 bridgehead atoms. The average Bonchev–Trinajstić information content (AvgIpc) is 3.10. The largest absolute Gasteiger partial charge is 0.497 e. The molecular weight excluding hydrogens is 368 g/mol. The van der Waals surface area contributed by atoms with Gasteiger partial charge >= 0.3 is 6.03 Å². The molecule has 8 heteroatoms. The van der Waals surface area contributed by atoms with Crippen molar-refractivity contribution in [3.8, 4) is 11.5 Å². The van der Waals surface area contributed by atoms with Crippen molar-refractivity contribution in [2.24, 2.45) is 0 Å². The van der Waals surface area contributed by atoms with Crippen LogP contribution < -0.4 is 19.3 Å². The van der Waals surface area contributed by atoms with Crippen LogP contribution in [0.4, 0.5) is 16.2 Å². The quantitative estimate of drug-likeness (QED) is 0.752. The van der Waals surface area contributed by atoms with Crippen LogP contribution in [0.3, 0.4) is 0 Å².